The summed E-state index contributed by atoms with van der Waals surface area (Å²) in [5, 5.41) is 9.25. The zero-order chi connectivity index (χ0) is 17.2. The van der Waals surface area contributed by atoms with Crippen LogP contribution in [0.5, 0.6) is 11.5 Å². The van der Waals surface area contributed by atoms with E-state index in [-0.39, 0.29) is 0 Å². The molecule has 0 saturated carbocycles. The van der Waals surface area contributed by atoms with E-state index < -0.39 is 0 Å². The number of thioether (sulfide) groups is 1. The summed E-state index contributed by atoms with van der Waals surface area (Å²) >= 11 is 11.2. The van der Waals surface area contributed by atoms with Gasteiger partial charge in [0.25, 0.3) is 5.22 Å². The van der Waals surface area contributed by atoms with E-state index in [1.165, 1.54) is 11.8 Å². The highest BCUT2D eigenvalue weighted by Crippen LogP contribution is 2.39. The van der Waals surface area contributed by atoms with Crippen LogP contribution in [0.3, 0.4) is 0 Å². The van der Waals surface area contributed by atoms with Crippen molar-refractivity contribution in [2.45, 2.75) is 11.0 Å². The lowest BCUT2D eigenvalue weighted by Crippen LogP contribution is -2.15. The fraction of sp³-hybridized carbons (Fsp3) is 0.176. The van der Waals surface area contributed by atoms with Crippen molar-refractivity contribution in [3.05, 3.63) is 51.5 Å². The standard InChI is InChI=1S/C17H12BrClN2O3S/c18-12-4-2-1-3-11(12)16-20-21-17(24-16)25-9-10-7-13(19)15-14(8-10)22-5-6-23-15/h1-4,7-8H,5-6,9H2. The minimum absolute atomic E-state index is 0.482. The van der Waals surface area contributed by atoms with Crippen LogP contribution < -0.4 is 9.47 Å². The molecule has 1 aromatic heterocycles. The minimum Gasteiger partial charge on any atom is -0.486 e. The average Bonchev–Trinajstić information content (AvgIpc) is 3.09. The van der Waals surface area contributed by atoms with E-state index >= 15 is 0 Å². The minimum atomic E-state index is 0.482. The Kier molecular flexibility index (Phi) is 4.87. The van der Waals surface area contributed by atoms with Crippen LogP contribution in [0, 0.1) is 0 Å². The van der Waals surface area contributed by atoms with Crippen molar-refractivity contribution in [1.29, 1.82) is 0 Å². The molecule has 0 unspecified atom stereocenters. The second kappa shape index (κ2) is 7.27. The molecule has 1 aliphatic heterocycles. The van der Waals surface area contributed by atoms with Crippen LogP contribution >= 0.6 is 39.3 Å². The van der Waals surface area contributed by atoms with Crippen LogP contribution in [0.2, 0.25) is 5.02 Å². The SMILES string of the molecule is Clc1cc(CSc2nnc(-c3ccccc3Br)o2)cc2c1OCCO2. The third kappa shape index (κ3) is 3.63. The van der Waals surface area contributed by atoms with E-state index in [9.17, 15) is 0 Å². The third-order valence-electron chi connectivity index (χ3n) is 3.53. The van der Waals surface area contributed by atoms with E-state index in [4.69, 9.17) is 25.5 Å². The molecule has 0 aliphatic carbocycles. The first-order valence-corrected chi connectivity index (χ1v) is 9.65. The number of fused-ring (bicyclic) bond motifs is 1. The van der Waals surface area contributed by atoms with Gasteiger partial charge in [-0.05, 0) is 45.8 Å². The Labute approximate surface area is 161 Å². The van der Waals surface area contributed by atoms with Gasteiger partial charge in [0.1, 0.15) is 13.2 Å². The highest BCUT2D eigenvalue weighted by Gasteiger charge is 2.17. The Morgan fingerprint density at radius 2 is 1.96 bits per heavy atom. The second-order valence-corrected chi connectivity index (χ2v) is 7.43. The fourth-order valence-electron chi connectivity index (χ4n) is 2.40. The zero-order valence-corrected chi connectivity index (χ0v) is 16.0. The molecule has 3 aromatic rings. The lowest BCUT2D eigenvalue weighted by atomic mass is 10.2. The molecule has 1 aliphatic rings. The van der Waals surface area contributed by atoms with Crippen molar-refractivity contribution in [2.24, 2.45) is 0 Å². The number of nitrogens with zero attached hydrogens (tertiary/aromatic N) is 2. The van der Waals surface area contributed by atoms with Crippen LogP contribution in [-0.4, -0.2) is 23.4 Å². The van der Waals surface area contributed by atoms with Gasteiger partial charge in [-0.15, -0.1) is 10.2 Å². The smallest absolute Gasteiger partial charge is 0.277 e. The van der Waals surface area contributed by atoms with Gasteiger partial charge in [-0.25, -0.2) is 0 Å². The summed E-state index contributed by atoms with van der Waals surface area (Å²) in [6.07, 6.45) is 0. The molecule has 0 spiro atoms. The molecule has 5 nitrogen and oxygen atoms in total. The number of halogens is 2. The molecule has 0 amide bonds. The summed E-state index contributed by atoms with van der Waals surface area (Å²) in [4.78, 5) is 0. The third-order valence-corrected chi connectivity index (χ3v) is 5.39. The van der Waals surface area contributed by atoms with E-state index in [1.807, 2.05) is 36.4 Å². The van der Waals surface area contributed by atoms with Gasteiger partial charge in [0, 0.05) is 10.2 Å². The van der Waals surface area contributed by atoms with Crippen LogP contribution in [0.4, 0.5) is 0 Å². The van der Waals surface area contributed by atoms with Gasteiger partial charge >= 0.3 is 0 Å². The first-order chi connectivity index (χ1) is 12.2. The van der Waals surface area contributed by atoms with Gasteiger partial charge in [-0.1, -0.05) is 35.5 Å². The predicted molar refractivity (Wildman–Crippen MR) is 99.4 cm³/mol. The van der Waals surface area contributed by atoms with Crippen molar-refractivity contribution in [1.82, 2.24) is 10.2 Å². The molecule has 0 radical (unpaired) electrons. The first kappa shape index (κ1) is 16.8. The monoisotopic (exact) mass is 438 g/mol. The Morgan fingerprint density at radius 3 is 2.84 bits per heavy atom. The Morgan fingerprint density at radius 1 is 1.12 bits per heavy atom. The maximum Gasteiger partial charge on any atom is 0.277 e. The van der Waals surface area contributed by atoms with Gasteiger partial charge in [-0.3, -0.25) is 0 Å². The second-order valence-electron chi connectivity index (χ2n) is 5.24. The van der Waals surface area contributed by atoms with Gasteiger partial charge < -0.3 is 13.9 Å². The van der Waals surface area contributed by atoms with Crippen LogP contribution in [0.15, 0.2) is 50.5 Å². The van der Waals surface area contributed by atoms with Crippen molar-refractivity contribution in [2.75, 3.05) is 13.2 Å². The van der Waals surface area contributed by atoms with E-state index in [1.54, 1.807) is 0 Å². The lowest BCUT2D eigenvalue weighted by Gasteiger charge is -2.20. The molecule has 4 rings (SSSR count). The molecule has 25 heavy (non-hydrogen) atoms. The van der Waals surface area contributed by atoms with Crippen molar-refractivity contribution < 1.29 is 13.9 Å². The van der Waals surface area contributed by atoms with Crippen LogP contribution in [0.25, 0.3) is 11.5 Å². The molecule has 2 aromatic carbocycles. The molecular weight excluding hydrogens is 428 g/mol. The highest BCUT2D eigenvalue weighted by molar-refractivity contribution is 9.10. The number of rotatable bonds is 4. The van der Waals surface area contributed by atoms with E-state index in [0.29, 0.717) is 46.6 Å². The average molecular weight is 440 g/mol. The summed E-state index contributed by atoms with van der Waals surface area (Å²) in [6, 6.07) is 11.5. The molecule has 128 valence electrons. The predicted octanol–water partition coefficient (Wildman–Crippen LogP) is 5.22. The fourth-order valence-corrected chi connectivity index (χ4v) is 3.84. The number of hydrogen-bond donors (Lipinski definition) is 0. The summed E-state index contributed by atoms with van der Waals surface area (Å²) < 4.78 is 17.8. The zero-order valence-electron chi connectivity index (χ0n) is 12.9. The van der Waals surface area contributed by atoms with Crippen molar-refractivity contribution in [3.63, 3.8) is 0 Å². The van der Waals surface area contributed by atoms with Gasteiger partial charge in [0.15, 0.2) is 11.5 Å². The van der Waals surface area contributed by atoms with Crippen LogP contribution in [-0.2, 0) is 5.75 Å². The maximum absolute atomic E-state index is 6.26. The van der Waals surface area contributed by atoms with E-state index in [0.717, 1.165) is 15.6 Å². The largest absolute Gasteiger partial charge is 0.486 e. The summed E-state index contributed by atoms with van der Waals surface area (Å²) in [5.41, 5.74) is 1.86. The quantitative estimate of drug-likeness (QED) is 0.520. The first-order valence-electron chi connectivity index (χ1n) is 7.50. The van der Waals surface area contributed by atoms with Gasteiger partial charge in [-0.2, -0.15) is 0 Å². The maximum atomic E-state index is 6.26. The van der Waals surface area contributed by atoms with Crippen molar-refractivity contribution >= 4 is 39.3 Å². The summed E-state index contributed by atoms with van der Waals surface area (Å²) in [6.45, 7) is 1.04. The van der Waals surface area contributed by atoms with Gasteiger partial charge in [0.2, 0.25) is 5.89 Å². The van der Waals surface area contributed by atoms with E-state index in [2.05, 4.69) is 26.1 Å². The molecule has 2 heterocycles. The van der Waals surface area contributed by atoms with Crippen LogP contribution in [0.1, 0.15) is 5.56 Å². The Hall–Kier alpha value is -1.70. The number of aromatic nitrogens is 2. The molecule has 0 bridgehead atoms. The number of benzene rings is 2. The molecule has 0 fully saturated rings. The topological polar surface area (TPSA) is 57.4 Å². The van der Waals surface area contributed by atoms with Gasteiger partial charge in [0.05, 0.1) is 10.6 Å². The molecule has 0 atom stereocenters. The summed E-state index contributed by atoms with van der Waals surface area (Å²) in [7, 11) is 0. The molecule has 0 saturated heterocycles. The number of ether oxygens (including phenoxy) is 2. The highest BCUT2D eigenvalue weighted by atomic mass is 79.9. The number of hydrogen-bond acceptors (Lipinski definition) is 6. The Bertz CT molecular complexity index is 919. The Balaban J connectivity index is 1.49. The molecule has 8 heteroatoms. The van der Waals surface area contributed by atoms with Crippen molar-refractivity contribution in [3.8, 4) is 23.0 Å². The lowest BCUT2D eigenvalue weighted by molar-refractivity contribution is 0.171. The molecular formula is C17H12BrClN2O3S. The summed E-state index contributed by atoms with van der Waals surface area (Å²) in [5.74, 6) is 2.40. The molecule has 0 N–H and O–H groups in total. The normalized spacial score (nSPS) is 13.0.